The molecule has 1 aromatic carbocycles. The third-order valence-corrected chi connectivity index (χ3v) is 4.19. The van der Waals surface area contributed by atoms with E-state index in [1.54, 1.807) is 0 Å². The van der Waals surface area contributed by atoms with Gasteiger partial charge in [0, 0.05) is 24.2 Å². The maximum absolute atomic E-state index is 12.4. The van der Waals surface area contributed by atoms with Gasteiger partial charge in [-0.2, -0.15) is 4.98 Å². The molecule has 2 atom stereocenters. The first-order valence-electron chi connectivity index (χ1n) is 8.20. The number of carbonyl (C=O) groups is 1. The average molecular weight is 367 g/mol. The van der Waals surface area contributed by atoms with Crippen LogP contribution in [-0.2, 0) is 16.0 Å². The van der Waals surface area contributed by atoms with Crippen molar-refractivity contribution in [2.75, 3.05) is 11.9 Å². The number of benzene rings is 1. The number of aromatic nitrogens is 2. The number of aryl methyl sites for hydroxylation is 2. The molecule has 1 aromatic heterocycles. The largest absolute Gasteiger partial charge is 0.364 e. The summed E-state index contributed by atoms with van der Waals surface area (Å²) < 4.78 is 10.9. The Bertz CT molecular complexity index is 734. The summed E-state index contributed by atoms with van der Waals surface area (Å²) in [5, 5.41) is 6.83. The summed E-state index contributed by atoms with van der Waals surface area (Å²) in [6.07, 6.45) is 1.74. The Morgan fingerprint density at radius 3 is 2.84 bits per heavy atom. The van der Waals surface area contributed by atoms with E-state index in [9.17, 15) is 4.79 Å². The Balaban J connectivity index is 0.00000225. The molecule has 0 unspecified atom stereocenters. The van der Waals surface area contributed by atoms with Crippen molar-refractivity contribution in [1.29, 1.82) is 0 Å². The summed E-state index contributed by atoms with van der Waals surface area (Å²) >= 11 is 0. The molecule has 0 bridgehead atoms. The molecule has 1 aliphatic heterocycles. The van der Waals surface area contributed by atoms with Crippen LogP contribution in [0.25, 0.3) is 11.5 Å². The summed E-state index contributed by atoms with van der Waals surface area (Å²) in [5.41, 5.74) is 8.03. The molecule has 1 aliphatic rings. The Morgan fingerprint density at radius 2 is 2.20 bits per heavy atom. The summed E-state index contributed by atoms with van der Waals surface area (Å²) in [6.45, 7) is 4.34. The number of halogens is 1. The molecule has 0 spiro atoms. The number of carbonyl (C=O) groups excluding carboxylic acids is 1. The number of amides is 1. The van der Waals surface area contributed by atoms with Crippen molar-refractivity contribution in [1.82, 2.24) is 10.1 Å². The van der Waals surface area contributed by atoms with E-state index in [2.05, 4.69) is 15.5 Å². The number of nitrogens with two attached hydrogens (primary N) is 1. The number of ether oxygens (including phenoxy) is 1. The Hall–Kier alpha value is -1.96. The molecule has 1 fully saturated rings. The van der Waals surface area contributed by atoms with E-state index in [1.807, 2.05) is 32.0 Å². The van der Waals surface area contributed by atoms with Crippen LogP contribution in [0.3, 0.4) is 0 Å². The summed E-state index contributed by atoms with van der Waals surface area (Å²) in [6, 6.07) is 5.66. The van der Waals surface area contributed by atoms with Crippen LogP contribution in [0.4, 0.5) is 5.69 Å². The minimum Gasteiger partial charge on any atom is -0.364 e. The van der Waals surface area contributed by atoms with Crippen molar-refractivity contribution in [2.24, 2.45) is 5.73 Å². The molecule has 1 amide bonds. The molecule has 25 heavy (non-hydrogen) atoms. The monoisotopic (exact) mass is 366 g/mol. The molecule has 0 saturated carbocycles. The zero-order valence-electron chi connectivity index (χ0n) is 14.3. The predicted octanol–water partition coefficient (Wildman–Crippen LogP) is 2.47. The topological polar surface area (TPSA) is 103 Å². The first kappa shape index (κ1) is 19.4. The molecule has 3 rings (SSSR count). The normalized spacial score (nSPS) is 19.5. The number of nitrogens with one attached hydrogen (secondary N) is 1. The minimum atomic E-state index is -0.447. The Morgan fingerprint density at radius 1 is 1.40 bits per heavy atom. The molecule has 0 radical (unpaired) electrons. The predicted molar refractivity (Wildman–Crippen MR) is 96.7 cm³/mol. The minimum absolute atomic E-state index is 0. The van der Waals surface area contributed by atoms with Gasteiger partial charge in [-0.05, 0) is 37.5 Å². The highest BCUT2D eigenvalue weighted by Crippen LogP contribution is 2.26. The number of anilines is 1. The van der Waals surface area contributed by atoms with E-state index in [0.29, 0.717) is 36.8 Å². The second kappa shape index (κ2) is 8.42. The lowest BCUT2D eigenvalue weighted by molar-refractivity contribution is -0.126. The summed E-state index contributed by atoms with van der Waals surface area (Å²) in [4.78, 5) is 16.7. The van der Waals surface area contributed by atoms with E-state index in [-0.39, 0.29) is 24.4 Å². The van der Waals surface area contributed by atoms with E-state index >= 15 is 0 Å². The molecule has 7 nitrogen and oxygen atoms in total. The molecule has 2 heterocycles. The van der Waals surface area contributed by atoms with E-state index in [4.69, 9.17) is 15.0 Å². The molecule has 3 N–H and O–H groups in total. The fourth-order valence-corrected chi connectivity index (χ4v) is 2.69. The van der Waals surface area contributed by atoms with Gasteiger partial charge < -0.3 is 20.3 Å². The molecule has 2 aromatic rings. The molecule has 0 aliphatic carbocycles. The number of hydrogen-bond acceptors (Lipinski definition) is 6. The Kier molecular flexibility index (Phi) is 6.52. The van der Waals surface area contributed by atoms with Crippen molar-refractivity contribution < 1.29 is 14.1 Å². The van der Waals surface area contributed by atoms with Crippen LogP contribution >= 0.6 is 12.4 Å². The quantitative estimate of drug-likeness (QED) is 0.842. The molecule has 1 saturated heterocycles. The highest BCUT2D eigenvalue weighted by Gasteiger charge is 2.30. The van der Waals surface area contributed by atoms with Gasteiger partial charge in [0.05, 0.1) is 6.10 Å². The lowest BCUT2D eigenvalue weighted by Crippen LogP contribution is -2.30. The third-order valence-electron chi connectivity index (χ3n) is 4.19. The van der Waals surface area contributed by atoms with Crippen LogP contribution in [0.5, 0.6) is 0 Å². The first-order chi connectivity index (χ1) is 11.6. The molecule has 8 heteroatoms. The number of nitrogens with zero attached hydrogens (tertiary/aromatic N) is 2. The van der Waals surface area contributed by atoms with Gasteiger partial charge in [0.1, 0.15) is 6.10 Å². The fraction of sp³-hybridized carbons (Fsp3) is 0.471. The van der Waals surface area contributed by atoms with E-state index in [1.165, 1.54) is 0 Å². The molecular formula is C17H23ClN4O3. The highest BCUT2D eigenvalue weighted by atomic mass is 35.5. The average Bonchev–Trinajstić information content (AvgIpc) is 3.25. The number of rotatable bonds is 5. The Labute approximate surface area is 152 Å². The smallest absolute Gasteiger partial charge is 0.257 e. The maximum atomic E-state index is 12.4. The van der Waals surface area contributed by atoms with Crippen molar-refractivity contribution in [3.05, 3.63) is 29.6 Å². The van der Waals surface area contributed by atoms with Crippen LogP contribution in [0.1, 0.15) is 31.2 Å². The van der Waals surface area contributed by atoms with Crippen LogP contribution in [0.2, 0.25) is 0 Å². The number of hydrogen-bond donors (Lipinski definition) is 2. The fourth-order valence-electron chi connectivity index (χ4n) is 2.69. The van der Waals surface area contributed by atoms with Crippen LogP contribution in [0.15, 0.2) is 22.7 Å². The standard InChI is InChI=1S/C17H22N4O3.ClH/c1-3-15-20-17(24-21-15)11-5-4-10(2)13(8-11)19-16(22)14-7-6-12(9-18)23-14;/h4-5,8,12,14H,3,6-7,9,18H2,1-2H3,(H,19,22);1H/t12-,14+;/m1./s1. The first-order valence-corrected chi connectivity index (χ1v) is 8.20. The van der Waals surface area contributed by atoms with Crippen LogP contribution < -0.4 is 11.1 Å². The van der Waals surface area contributed by atoms with Crippen molar-refractivity contribution in [3.8, 4) is 11.5 Å². The third kappa shape index (κ3) is 4.36. The second-order valence-corrected chi connectivity index (χ2v) is 5.95. The van der Waals surface area contributed by atoms with Gasteiger partial charge in [-0.15, -0.1) is 12.4 Å². The van der Waals surface area contributed by atoms with Crippen molar-refractivity contribution in [3.63, 3.8) is 0 Å². The highest BCUT2D eigenvalue weighted by molar-refractivity contribution is 5.95. The van der Waals surface area contributed by atoms with Gasteiger partial charge in [0.25, 0.3) is 11.8 Å². The van der Waals surface area contributed by atoms with E-state index < -0.39 is 6.10 Å². The van der Waals surface area contributed by atoms with Crippen molar-refractivity contribution >= 4 is 24.0 Å². The van der Waals surface area contributed by atoms with E-state index in [0.717, 1.165) is 17.5 Å². The molecular weight excluding hydrogens is 344 g/mol. The van der Waals surface area contributed by atoms with Crippen molar-refractivity contribution in [2.45, 2.75) is 45.3 Å². The molecule has 136 valence electrons. The van der Waals surface area contributed by atoms with Gasteiger partial charge in [0.2, 0.25) is 0 Å². The lowest BCUT2D eigenvalue weighted by atomic mass is 10.1. The van der Waals surface area contributed by atoms with Gasteiger partial charge in [-0.25, -0.2) is 0 Å². The van der Waals surface area contributed by atoms with Gasteiger partial charge in [-0.3, -0.25) is 4.79 Å². The van der Waals surface area contributed by atoms with Gasteiger partial charge >= 0.3 is 0 Å². The lowest BCUT2D eigenvalue weighted by Gasteiger charge is -2.14. The maximum Gasteiger partial charge on any atom is 0.257 e. The van der Waals surface area contributed by atoms with Gasteiger partial charge in [0.15, 0.2) is 5.82 Å². The zero-order valence-corrected chi connectivity index (χ0v) is 15.1. The van der Waals surface area contributed by atoms with Crippen LogP contribution in [-0.4, -0.2) is 34.8 Å². The zero-order chi connectivity index (χ0) is 17.1. The summed E-state index contributed by atoms with van der Waals surface area (Å²) in [5.74, 6) is 0.956. The second-order valence-electron chi connectivity index (χ2n) is 5.95. The van der Waals surface area contributed by atoms with Gasteiger partial charge in [-0.1, -0.05) is 18.1 Å². The van der Waals surface area contributed by atoms with Crippen LogP contribution in [0, 0.1) is 6.92 Å². The summed E-state index contributed by atoms with van der Waals surface area (Å²) in [7, 11) is 0. The SMILES string of the molecule is CCc1noc(-c2ccc(C)c(NC(=O)[C@@H]3CC[C@H](CN)O3)c2)n1.Cl.